The van der Waals surface area contributed by atoms with Gasteiger partial charge in [0.05, 0.1) is 19.2 Å². The normalized spacial score (nSPS) is 10.5. The predicted molar refractivity (Wildman–Crippen MR) is 91.5 cm³/mol. The zero-order chi connectivity index (χ0) is 16.9. The van der Waals surface area contributed by atoms with E-state index in [1.54, 1.807) is 18.2 Å². The SMILES string of the molecule is COC(=O)c1c[nH]c2cc(OCCc3ccccc3)ccc2c1=O. The number of hydrogen-bond donors (Lipinski definition) is 1. The van der Waals surface area contributed by atoms with Gasteiger partial charge in [-0.15, -0.1) is 0 Å². The summed E-state index contributed by atoms with van der Waals surface area (Å²) >= 11 is 0. The molecule has 0 aliphatic carbocycles. The monoisotopic (exact) mass is 323 g/mol. The fourth-order valence-electron chi connectivity index (χ4n) is 2.48. The predicted octanol–water partition coefficient (Wildman–Crippen LogP) is 2.94. The van der Waals surface area contributed by atoms with Crippen molar-refractivity contribution in [2.24, 2.45) is 0 Å². The maximum Gasteiger partial charge on any atom is 0.343 e. The number of nitrogens with one attached hydrogen (secondary N) is 1. The lowest BCUT2D eigenvalue weighted by atomic mass is 10.1. The number of hydrogen-bond acceptors (Lipinski definition) is 4. The van der Waals surface area contributed by atoms with Crippen LogP contribution in [0, 0.1) is 0 Å². The van der Waals surface area contributed by atoms with Gasteiger partial charge in [-0.05, 0) is 17.7 Å². The van der Waals surface area contributed by atoms with E-state index < -0.39 is 5.97 Å². The lowest BCUT2D eigenvalue weighted by Gasteiger charge is -2.08. The number of esters is 1. The van der Waals surface area contributed by atoms with Crippen LogP contribution in [0.15, 0.2) is 59.5 Å². The first-order valence-electron chi connectivity index (χ1n) is 7.59. The third-order valence-electron chi connectivity index (χ3n) is 3.76. The van der Waals surface area contributed by atoms with Crippen LogP contribution in [0.3, 0.4) is 0 Å². The van der Waals surface area contributed by atoms with Crippen LogP contribution in [0.1, 0.15) is 15.9 Å². The summed E-state index contributed by atoms with van der Waals surface area (Å²) in [4.78, 5) is 26.8. The first-order chi connectivity index (χ1) is 11.7. The van der Waals surface area contributed by atoms with Crippen LogP contribution in [0.4, 0.5) is 0 Å². The quantitative estimate of drug-likeness (QED) is 0.733. The fraction of sp³-hybridized carbons (Fsp3) is 0.158. The van der Waals surface area contributed by atoms with Crippen molar-refractivity contribution < 1.29 is 14.3 Å². The average molecular weight is 323 g/mol. The van der Waals surface area contributed by atoms with Crippen LogP contribution in [-0.4, -0.2) is 24.7 Å². The van der Waals surface area contributed by atoms with Crippen LogP contribution in [-0.2, 0) is 11.2 Å². The van der Waals surface area contributed by atoms with Gasteiger partial charge in [-0.3, -0.25) is 4.79 Å². The van der Waals surface area contributed by atoms with Gasteiger partial charge >= 0.3 is 5.97 Å². The molecule has 0 aliphatic heterocycles. The highest BCUT2D eigenvalue weighted by molar-refractivity contribution is 5.93. The fourth-order valence-corrected chi connectivity index (χ4v) is 2.48. The molecule has 122 valence electrons. The number of methoxy groups -OCH3 is 1. The Labute approximate surface area is 138 Å². The van der Waals surface area contributed by atoms with Crippen molar-refractivity contribution in [3.05, 3.63) is 76.1 Å². The van der Waals surface area contributed by atoms with Gasteiger partial charge in [-0.2, -0.15) is 0 Å². The number of aromatic amines is 1. The van der Waals surface area contributed by atoms with E-state index in [0.29, 0.717) is 23.3 Å². The van der Waals surface area contributed by atoms with Crippen LogP contribution >= 0.6 is 0 Å². The van der Waals surface area contributed by atoms with Gasteiger partial charge in [-0.1, -0.05) is 30.3 Å². The van der Waals surface area contributed by atoms with Crippen molar-refractivity contribution in [3.63, 3.8) is 0 Å². The molecule has 24 heavy (non-hydrogen) atoms. The number of pyridine rings is 1. The minimum absolute atomic E-state index is 0.0113. The average Bonchev–Trinajstić information content (AvgIpc) is 2.62. The first kappa shape index (κ1) is 15.8. The molecule has 0 spiro atoms. The molecule has 3 rings (SSSR count). The van der Waals surface area contributed by atoms with Crippen molar-refractivity contribution in [1.82, 2.24) is 4.98 Å². The summed E-state index contributed by atoms with van der Waals surface area (Å²) in [6.45, 7) is 0.542. The van der Waals surface area contributed by atoms with Crippen molar-refractivity contribution in [2.45, 2.75) is 6.42 Å². The van der Waals surface area contributed by atoms with E-state index in [-0.39, 0.29) is 11.0 Å². The number of rotatable bonds is 5. The topological polar surface area (TPSA) is 68.4 Å². The highest BCUT2D eigenvalue weighted by Gasteiger charge is 2.13. The largest absolute Gasteiger partial charge is 0.493 e. The van der Waals surface area contributed by atoms with Crippen LogP contribution < -0.4 is 10.2 Å². The molecule has 0 saturated heterocycles. The van der Waals surface area contributed by atoms with Crippen molar-refractivity contribution >= 4 is 16.9 Å². The zero-order valence-electron chi connectivity index (χ0n) is 13.2. The standard InChI is InChI=1S/C19H17NO4/c1-23-19(22)16-12-20-17-11-14(7-8-15(17)18(16)21)24-10-9-13-5-3-2-4-6-13/h2-8,11-12H,9-10H2,1H3,(H,20,21). The van der Waals surface area contributed by atoms with E-state index >= 15 is 0 Å². The molecule has 5 heteroatoms. The number of benzene rings is 2. The molecule has 0 unspecified atom stereocenters. The lowest BCUT2D eigenvalue weighted by Crippen LogP contribution is -2.17. The van der Waals surface area contributed by atoms with E-state index in [1.807, 2.05) is 18.2 Å². The number of carbonyl (C=O) groups is 1. The Morgan fingerprint density at radius 2 is 1.92 bits per heavy atom. The van der Waals surface area contributed by atoms with Crippen LogP contribution in [0.5, 0.6) is 5.75 Å². The molecule has 0 saturated carbocycles. The zero-order valence-corrected chi connectivity index (χ0v) is 13.2. The first-order valence-corrected chi connectivity index (χ1v) is 7.59. The summed E-state index contributed by atoms with van der Waals surface area (Å²) in [5.74, 6) is 0.0150. The van der Waals surface area contributed by atoms with Gasteiger partial charge in [0, 0.05) is 24.1 Å². The number of carbonyl (C=O) groups excluding carboxylic acids is 1. The van der Waals surface area contributed by atoms with E-state index in [2.05, 4.69) is 21.9 Å². The molecule has 5 nitrogen and oxygen atoms in total. The van der Waals surface area contributed by atoms with Gasteiger partial charge in [-0.25, -0.2) is 4.79 Å². The van der Waals surface area contributed by atoms with E-state index in [0.717, 1.165) is 6.42 Å². The molecule has 0 atom stereocenters. The summed E-state index contributed by atoms with van der Waals surface area (Å²) < 4.78 is 10.3. The van der Waals surface area contributed by atoms with E-state index in [1.165, 1.54) is 18.9 Å². The molecule has 1 aromatic heterocycles. The van der Waals surface area contributed by atoms with Crippen molar-refractivity contribution in [2.75, 3.05) is 13.7 Å². The highest BCUT2D eigenvalue weighted by Crippen LogP contribution is 2.18. The van der Waals surface area contributed by atoms with Crippen LogP contribution in [0.2, 0.25) is 0 Å². The summed E-state index contributed by atoms with van der Waals surface area (Å²) in [5.41, 5.74) is 1.45. The third kappa shape index (κ3) is 3.30. The molecule has 0 aliphatic rings. The molecule has 0 fully saturated rings. The third-order valence-corrected chi connectivity index (χ3v) is 3.76. The Bertz CT molecular complexity index is 916. The maximum absolute atomic E-state index is 12.3. The summed E-state index contributed by atoms with van der Waals surface area (Å²) in [6, 6.07) is 15.2. The Morgan fingerprint density at radius 3 is 2.67 bits per heavy atom. The molecule has 1 N–H and O–H groups in total. The van der Waals surface area contributed by atoms with E-state index in [9.17, 15) is 9.59 Å². The molecule has 3 aromatic rings. The second-order valence-electron chi connectivity index (χ2n) is 5.31. The Hall–Kier alpha value is -3.08. The highest BCUT2D eigenvalue weighted by atomic mass is 16.5. The van der Waals surface area contributed by atoms with E-state index in [4.69, 9.17) is 4.74 Å². The maximum atomic E-state index is 12.3. The number of fused-ring (bicyclic) bond motifs is 1. The second kappa shape index (κ2) is 7.00. The molecule has 0 bridgehead atoms. The number of ether oxygens (including phenoxy) is 2. The van der Waals surface area contributed by atoms with Crippen molar-refractivity contribution in [1.29, 1.82) is 0 Å². The Morgan fingerprint density at radius 1 is 1.12 bits per heavy atom. The second-order valence-corrected chi connectivity index (χ2v) is 5.31. The molecular weight excluding hydrogens is 306 g/mol. The smallest absolute Gasteiger partial charge is 0.343 e. The molecule has 0 amide bonds. The number of aromatic nitrogens is 1. The number of H-pyrrole nitrogens is 1. The minimum atomic E-state index is -0.652. The van der Waals surface area contributed by atoms with Crippen LogP contribution in [0.25, 0.3) is 10.9 Å². The van der Waals surface area contributed by atoms with Crippen molar-refractivity contribution in [3.8, 4) is 5.75 Å². The van der Waals surface area contributed by atoms with Gasteiger partial charge in [0.15, 0.2) is 0 Å². The lowest BCUT2D eigenvalue weighted by molar-refractivity contribution is 0.0599. The molecular formula is C19H17NO4. The van der Waals surface area contributed by atoms with Gasteiger partial charge in [0.1, 0.15) is 11.3 Å². The summed E-state index contributed by atoms with van der Waals surface area (Å²) in [6.07, 6.45) is 2.17. The summed E-state index contributed by atoms with van der Waals surface area (Å²) in [7, 11) is 1.25. The Balaban J connectivity index is 1.77. The minimum Gasteiger partial charge on any atom is -0.493 e. The summed E-state index contributed by atoms with van der Waals surface area (Å²) in [5, 5.41) is 0.424. The molecule has 2 aromatic carbocycles. The van der Waals surface area contributed by atoms with Gasteiger partial charge in [0.25, 0.3) is 0 Å². The Kier molecular flexibility index (Phi) is 4.61. The van der Waals surface area contributed by atoms with Gasteiger partial charge in [0.2, 0.25) is 5.43 Å². The van der Waals surface area contributed by atoms with Gasteiger partial charge < -0.3 is 14.5 Å². The molecule has 1 heterocycles. The molecule has 0 radical (unpaired) electrons.